The number of hydrogen-bond acceptors (Lipinski definition) is 4. The van der Waals surface area contributed by atoms with Gasteiger partial charge >= 0.3 is 0 Å². The molecule has 0 heterocycles. The Bertz CT molecular complexity index is 619. The lowest BCUT2D eigenvalue weighted by atomic mass is 9.83. The minimum atomic E-state index is 0. The van der Waals surface area contributed by atoms with Crippen LogP contribution >= 0.6 is 24.0 Å². The fourth-order valence-corrected chi connectivity index (χ4v) is 3.93. The summed E-state index contributed by atoms with van der Waals surface area (Å²) in [5.74, 6) is 2.32. The zero-order valence-corrected chi connectivity index (χ0v) is 20.7. The Hall–Kier alpha value is -1.22. The molecule has 0 saturated heterocycles. The van der Waals surface area contributed by atoms with Gasteiger partial charge in [-0.1, -0.05) is 25.0 Å². The first-order valence-electron chi connectivity index (χ1n) is 10.5. The van der Waals surface area contributed by atoms with Crippen molar-refractivity contribution in [2.24, 2.45) is 10.4 Å². The highest BCUT2D eigenvalue weighted by molar-refractivity contribution is 14.0. The molecule has 0 amide bonds. The topological polar surface area (TPSA) is 64.1 Å². The third-order valence-electron chi connectivity index (χ3n) is 5.51. The van der Waals surface area contributed by atoms with E-state index in [-0.39, 0.29) is 24.0 Å². The summed E-state index contributed by atoms with van der Waals surface area (Å²) in [7, 11) is 3.32. The molecule has 0 unspecified atom stereocenters. The van der Waals surface area contributed by atoms with Gasteiger partial charge in [-0.2, -0.15) is 0 Å². The number of nitrogens with zero attached hydrogens (tertiary/aromatic N) is 1. The summed E-state index contributed by atoms with van der Waals surface area (Å²) in [5, 5.41) is 6.94. The van der Waals surface area contributed by atoms with Crippen LogP contribution in [0.4, 0.5) is 0 Å². The van der Waals surface area contributed by atoms with Crippen molar-refractivity contribution in [2.75, 3.05) is 40.5 Å². The molecular formula is C22H38IN3O3. The first-order valence-corrected chi connectivity index (χ1v) is 10.5. The van der Waals surface area contributed by atoms with E-state index in [1.165, 1.54) is 25.7 Å². The van der Waals surface area contributed by atoms with E-state index in [9.17, 15) is 0 Å². The molecule has 0 aromatic heterocycles. The molecule has 0 radical (unpaired) electrons. The van der Waals surface area contributed by atoms with E-state index in [0.29, 0.717) is 12.0 Å². The number of para-hydroxylation sites is 1. The van der Waals surface area contributed by atoms with E-state index in [0.717, 1.165) is 55.7 Å². The predicted octanol–water partition coefficient (Wildman–Crippen LogP) is 4.36. The second kappa shape index (κ2) is 13.9. The smallest absolute Gasteiger partial charge is 0.191 e. The van der Waals surface area contributed by atoms with Gasteiger partial charge in [-0.15, -0.1) is 24.0 Å². The van der Waals surface area contributed by atoms with Crippen LogP contribution in [0.3, 0.4) is 0 Å². The average molecular weight is 519 g/mol. The van der Waals surface area contributed by atoms with Crippen molar-refractivity contribution >= 4 is 29.9 Å². The van der Waals surface area contributed by atoms with Gasteiger partial charge in [0.05, 0.1) is 20.8 Å². The van der Waals surface area contributed by atoms with Crippen molar-refractivity contribution < 1.29 is 14.2 Å². The quantitative estimate of drug-likeness (QED) is 0.197. The maximum absolute atomic E-state index is 5.63. The van der Waals surface area contributed by atoms with E-state index in [1.807, 2.05) is 18.2 Å². The standard InChI is InChI=1S/C22H37N3O3.HI/c1-5-23-21(24-16-18-10-9-11-19(26-3)20(18)27-4)25-17-22(12-7-8-13-22)14-15-28-6-2;/h9-11H,5-8,12-17H2,1-4H3,(H2,23,24,25);1H. The van der Waals surface area contributed by atoms with Crippen LogP contribution in [0.2, 0.25) is 0 Å². The number of methoxy groups -OCH3 is 2. The zero-order valence-electron chi connectivity index (χ0n) is 18.4. The SMILES string of the molecule is CCNC(=NCc1cccc(OC)c1OC)NCC1(CCOCC)CCCC1.I. The number of halogens is 1. The molecule has 1 saturated carbocycles. The van der Waals surface area contributed by atoms with Crippen LogP contribution in [0.1, 0.15) is 51.5 Å². The van der Waals surface area contributed by atoms with Crippen LogP contribution in [0.25, 0.3) is 0 Å². The maximum Gasteiger partial charge on any atom is 0.191 e. The highest BCUT2D eigenvalue weighted by atomic mass is 127. The third-order valence-corrected chi connectivity index (χ3v) is 5.51. The zero-order chi connectivity index (χ0) is 20.2. The van der Waals surface area contributed by atoms with Crippen LogP contribution in [0.15, 0.2) is 23.2 Å². The Morgan fingerprint density at radius 1 is 1.10 bits per heavy atom. The first kappa shape index (κ1) is 25.8. The Balaban J connectivity index is 0.00000420. The van der Waals surface area contributed by atoms with Crippen molar-refractivity contribution in [1.82, 2.24) is 10.6 Å². The molecule has 29 heavy (non-hydrogen) atoms. The summed E-state index contributed by atoms with van der Waals surface area (Å²) in [5.41, 5.74) is 1.32. The van der Waals surface area contributed by atoms with E-state index in [1.54, 1.807) is 14.2 Å². The molecule has 0 bridgehead atoms. The van der Waals surface area contributed by atoms with Gasteiger partial charge in [0.2, 0.25) is 0 Å². The second-order valence-electron chi connectivity index (χ2n) is 7.36. The van der Waals surface area contributed by atoms with E-state index in [2.05, 4.69) is 24.5 Å². The van der Waals surface area contributed by atoms with Gasteiger partial charge in [-0.3, -0.25) is 0 Å². The normalized spacial score (nSPS) is 15.5. The lowest BCUT2D eigenvalue weighted by Crippen LogP contribution is -2.43. The predicted molar refractivity (Wildman–Crippen MR) is 130 cm³/mol. The van der Waals surface area contributed by atoms with Crippen molar-refractivity contribution in [3.8, 4) is 11.5 Å². The summed E-state index contributed by atoms with van der Waals surface area (Å²) in [6.07, 6.45) is 6.24. The van der Waals surface area contributed by atoms with Crippen molar-refractivity contribution in [3.05, 3.63) is 23.8 Å². The molecule has 1 aromatic carbocycles. The van der Waals surface area contributed by atoms with Crippen molar-refractivity contribution in [2.45, 2.75) is 52.5 Å². The molecule has 0 aliphatic heterocycles. The Morgan fingerprint density at radius 2 is 1.86 bits per heavy atom. The van der Waals surface area contributed by atoms with Gasteiger partial charge in [-0.25, -0.2) is 4.99 Å². The Kier molecular flexibility index (Phi) is 12.4. The Morgan fingerprint density at radius 3 is 2.48 bits per heavy atom. The van der Waals surface area contributed by atoms with Crippen LogP contribution in [0.5, 0.6) is 11.5 Å². The molecule has 7 heteroatoms. The number of benzene rings is 1. The molecule has 2 N–H and O–H groups in total. The lowest BCUT2D eigenvalue weighted by Gasteiger charge is -2.30. The highest BCUT2D eigenvalue weighted by Gasteiger charge is 2.33. The molecule has 0 spiro atoms. The summed E-state index contributed by atoms with van der Waals surface area (Å²) in [4.78, 5) is 4.78. The summed E-state index contributed by atoms with van der Waals surface area (Å²) >= 11 is 0. The van der Waals surface area contributed by atoms with E-state index in [4.69, 9.17) is 19.2 Å². The van der Waals surface area contributed by atoms with Gasteiger partial charge in [0.1, 0.15) is 0 Å². The number of hydrogen-bond donors (Lipinski definition) is 2. The number of nitrogens with one attached hydrogen (secondary N) is 2. The molecule has 2 rings (SSSR count). The fourth-order valence-electron chi connectivity index (χ4n) is 3.93. The van der Waals surface area contributed by atoms with Gasteiger partial charge in [-0.05, 0) is 44.6 Å². The largest absolute Gasteiger partial charge is 0.493 e. The summed E-state index contributed by atoms with van der Waals surface area (Å²) < 4.78 is 16.5. The number of ether oxygens (including phenoxy) is 3. The van der Waals surface area contributed by atoms with Crippen LogP contribution in [0, 0.1) is 5.41 Å². The molecule has 6 nitrogen and oxygen atoms in total. The van der Waals surface area contributed by atoms with Gasteiger partial charge < -0.3 is 24.8 Å². The lowest BCUT2D eigenvalue weighted by molar-refractivity contribution is 0.105. The highest BCUT2D eigenvalue weighted by Crippen LogP contribution is 2.40. The Labute approximate surface area is 193 Å². The summed E-state index contributed by atoms with van der Waals surface area (Å²) in [6.45, 7) is 8.06. The molecule has 1 aliphatic rings. The molecule has 1 fully saturated rings. The minimum absolute atomic E-state index is 0. The van der Waals surface area contributed by atoms with Gasteiger partial charge in [0.15, 0.2) is 17.5 Å². The minimum Gasteiger partial charge on any atom is -0.493 e. The second-order valence-corrected chi connectivity index (χ2v) is 7.36. The monoisotopic (exact) mass is 519 g/mol. The molecule has 0 atom stereocenters. The van der Waals surface area contributed by atoms with E-state index >= 15 is 0 Å². The van der Waals surface area contributed by atoms with Crippen LogP contribution in [-0.2, 0) is 11.3 Å². The van der Waals surface area contributed by atoms with Crippen LogP contribution in [-0.4, -0.2) is 46.5 Å². The summed E-state index contributed by atoms with van der Waals surface area (Å²) in [6, 6.07) is 5.89. The fraction of sp³-hybridized carbons (Fsp3) is 0.682. The van der Waals surface area contributed by atoms with E-state index < -0.39 is 0 Å². The average Bonchev–Trinajstić information content (AvgIpc) is 3.19. The van der Waals surface area contributed by atoms with Crippen molar-refractivity contribution in [3.63, 3.8) is 0 Å². The molecular weight excluding hydrogens is 481 g/mol. The molecule has 166 valence electrons. The van der Waals surface area contributed by atoms with Gasteiger partial charge in [0.25, 0.3) is 0 Å². The number of guanidine groups is 1. The van der Waals surface area contributed by atoms with Crippen LogP contribution < -0.4 is 20.1 Å². The number of rotatable bonds is 11. The van der Waals surface area contributed by atoms with Crippen molar-refractivity contribution in [1.29, 1.82) is 0 Å². The first-order chi connectivity index (χ1) is 13.7. The third kappa shape index (κ3) is 7.85. The van der Waals surface area contributed by atoms with Gasteiger partial charge in [0, 0.05) is 31.9 Å². The molecule has 1 aromatic rings. The molecule has 1 aliphatic carbocycles. The number of aliphatic imine (C=N–C) groups is 1. The maximum atomic E-state index is 5.63.